The smallest absolute Gasteiger partial charge is 0.0577 e. The van der Waals surface area contributed by atoms with E-state index in [2.05, 4.69) is 73.2 Å². The molecule has 4 heteroatoms. The van der Waals surface area contributed by atoms with E-state index in [1.165, 1.54) is 50.3 Å². The topological polar surface area (TPSA) is 0 Å². The molecule has 0 bridgehead atoms. The van der Waals surface area contributed by atoms with Crippen LogP contribution in [-0.2, 0) is 0 Å². The summed E-state index contributed by atoms with van der Waals surface area (Å²) in [6.07, 6.45) is 0. The summed E-state index contributed by atoms with van der Waals surface area (Å²) in [6.45, 7) is 4.46. The lowest BCUT2D eigenvalue weighted by Crippen LogP contribution is -2.16. The van der Waals surface area contributed by atoms with Crippen LogP contribution in [0.1, 0.15) is 13.8 Å². The van der Waals surface area contributed by atoms with Crippen LogP contribution in [0.25, 0.3) is 30.0 Å². The first-order valence-corrected chi connectivity index (χ1v) is 11.8. The number of hydrogen-bond acceptors (Lipinski definition) is 4. The largest absolute Gasteiger partial charge is 0.0895 e. The molecule has 3 aromatic carbocycles. The number of rotatable bonds is 0. The second kappa shape index (κ2) is 6.75. The molecule has 0 aliphatic carbocycles. The molecule has 0 amide bonds. The fourth-order valence-electron chi connectivity index (χ4n) is 3.44. The standard InChI is InChI=1S/C22H16S4/c1-13-14(2)26-22(25-13)20-17-9-5-3-7-15(17)19(21-23-11-12-24-21)16-8-4-6-10-18(16)20/h3-12H,1-2H3. The third-order valence-corrected chi connectivity index (χ3v) is 9.50. The van der Waals surface area contributed by atoms with Crippen molar-refractivity contribution in [1.29, 1.82) is 0 Å². The Labute approximate surface area is 169 Å². The summed E-state index contributed by atoms with van der Waals surface area (Å²) in [5.74, 6) is 0. The Morgan fingerprint density at radius 2 is 0.923 bits per heavy atom. The normalized spacial score (nSPS) is 17.3. The molecule has 26 heavy (non-hydrogen) atoms. The first-order valence-electron chi connectivity index (χ1n) is 8.43. The molecule has 0 atom stereocenters. The van der Waals surface area contributed by atoms with E-state index < -0.39 is 0 Å². The number of hydrogen-bond donors (Lipinski definition) is 0. The van der Waals surface area contributed by atoms with Gasteiger partial charge in [0, 0.05) is 10.4 Å². The van der Waals surface area contributed by atoms with Gasteiger partial charge in [0.2, 0.25) is 0 Å². The SMILES string of the molecule is CC1=C(C)SC(=c2c3ccccc3c(=C3SC=CS3)c3ccccc23)S1. The summed E-state index contributed by atoms with van der Waals surface area (Å²) in [4.78, 5) is 2.84. The van der Waals surface area contributed by atoms with Gasteiger partial charge in [0.05, 0.1) is 8.47 Å². The van der Waals surface area contributed by atoms with Crippen LogP contribution >= 0.6 is 47.0 Å². The minimum Gasteiger partial charge on any atom is -0.0895 e. The fourth-order valence-corrected chi connectivity index (χ4v) is 8.01. The van der Waals surface area contributed by atoms with Crippen LogP contribution in [0.2, 0.25) is 0 Å². The first-order chi connectivity index (χ1) is 12.7. The van der Waals surface area contributed by atoms with Crippen molar-refractivity contribution in [1.82, 2.24) is 0 Å². The maximum absolute atomic E-state index is 2.29. The second-order valence-corrected chi connectivity index (χ2v) is 11.0. The van der Waals surface area contributed by atoms with Crippen molar-refractivity contribution in [2.45, 2.75) is 13.8 Å². The van der Waals surface area contributed by atoms with Gasteiger partial charge in [0.25, 0.3) is 0 Å². The Balaban J connectivity index is 2.05. The molecule has 0 spiro atoms. The van der Waals surface area contributed by atoms with Gasteiger partial charge in [0.15, 0.2) is 0 Å². The summed E-state index contributed by atoms with van der Waals surface area (Å²) in [7, 11) is 0. The van der Waals surface area contributed by atoms with Crippen LogP contribution in [0.3, 0.4) is 0 Å². The van der Waals surface area contributed by atoms with Gasteiger partial charge < -0.3 is 0 Å². The molecule has 0 saturated heterocycles. The summed E-state index contributed by atoms with van der Waals surface area (Å²) < 4.78 is 2.79. The average Bonchev–Trinajstić information content (AvgIpc) is 3.30. The lowest BCUT2D eigenvalue weighted by Gasteiger charge is -2.11. The molecule has 2 aliphatic heterocycles. The van der Waals surface area contributed by atoms with Crippen molar-refractivity contribution in [3.63, 3.8) is 0 Å². The highest BCUT2D eigenvalue weighted by Gasteiger charge is 2.19. The molecule has 0 nitrogen and oxygen atoms in total. The van der Waals surface area contributed by atoms with E-state index in [0.29, 0.717) is 0 Å². The van der Waals surface area contributed by atoms with E-state index in [-0.39, 0.29) is 0 Å². The van der Waals surface area contributed by atoms with E-state index in [9.17, 15) is 0 Å². The molecule has 0 N–H and O–H groups in total. The molecule has 3 aromatic rings. The average molecular weight is 409 g/mol. The molecule has 0 saturated carbocycles. The molecule has 2 aliphatic rings. The fraction of sp³-hybridized carbons (Fsp3) is 0.0909. The molecule has 0 unspecified atom stereocenters. The van der Waals surface area contributed by atoms with E-state index in [1.54, 1.807) is 0 Å². The van der Waals surface area contributed by atoms with E-state index >= 15 is 0 Å². The lowest BCUT2D eigenvalue weighted by molar-refractivity contribution is 1.57. The Morgan fingerprint density at radius 3 is 1.35 bits per heavy atom. The minimum absolute atomic E-state index is 1.36. The van der Waals surface area contributed by atoms with Crippen molar-refractivity contribution in [3.05, 3.63) is 79.6 Å². The maximum atomic E-state index is 2.29. The summed E-state index contributed by atoms with van der Waals surface area (Å²) in [5, 5.41) is 12.6. The zero-order valence-electron chi connectivity index (χ0n) is 14.4. The third-order valence-electron chi connectivity index (χ3n) is 4.73. The van der Waals surface area contributed by atoms with Gasteiger partial charge in [-0.1, -0.05) is 95.6 Å². The predicted molar refractivity (Wildman–Crippen MR) is 125 cm³/mol. The quantitative estimate of drug-likeness (QED) is 0.375. The van der Waals surface area contributed by atoms with Crippen molar-refractivity contribution >= 4 is 77.1 Å². The number of fused-ring (bicyclic) bond motifs is 2. The monoisotopic (exact) mass is 408 g/mol. The summed E-state index contributed by atoms with van der Waals surface area (Å²) in [5.41, 5.74) is 0. The second-order valence-electron chi connectivity index (χ2n) is 6.24. The third kappa shape index (κ3) is 2.66. The van der Waals surface area contributed by atoms with Gasteiger partial charge in [0.1, 0.15) is 0 Å². The highest BCUT2D eigenvalue weighted by Crippen LogP contribution is 2.49. The zero-order valence-corrected chi connectivity index (χ0v) is 17.7. The van der Waals surface area contributed by atoms with Gasteiger partial charge in [-0.25, -0.2) is 0 Å². The molecule has 2 heterocycles. The van der Waals surface area contributed by atoms with Gasteiger partial charge in [-0.05, 0) is 56.0 Å². The Morgan fingerprint density at radius 1 is 0.538 bits per heavy atom. The molecule has 0 radical (unpaired) electrons. The van der Waals surface area contributed by atoms with E-state index in [0.717, 1.165) is 0 Å². The van der Waals surface area contributed by atoms with Crippen molar-refractivity contribution in [3.8, 4) is 0 Å². The Hall–Kier alpha value is -1.20. The van der Waals surface area contributed by atoms with Crippen LogP contribution in [0, 0.1) is 0 Å². The predicted octanol–water partition coefficient (Wildman–Crippen LogP) is 6.81. The number of benzene rings is 3. The van der Waals surface area contributed by atoms with E-state index in [1.807, 2.05) is 47.0 Å². The summed E-state index contributed by atoms with van der Waals surface area (Å²) in [6, 6.07) is 17.8. The Kier molecular flexibility index (Phi) is 4.40. The minimum atomic E-state index is 1.36. The van der Waals surface area contributed by atoms with E-state index in [4.69, 9.17) is 0 Å². The molecule has 0 fully saturated rings. The van der Waals surface area contributed by atoms with Gasteiger partial charge in [-0.3, -0.25) is 0 Å². The van der Waals surface area contributed by atoms with Crippen molar-refractivity contribution in [2.75, 3.05) is 0 Å². The number of allylic oxidation sites excluding steroid dienone is 2. The number of thioether (sulfide) groups is 4. The van der Waals surface area contributed by atoms with Crippen LogP contribution < -0.4 is 10.4 Å². The highest BCUT2D eigenvalue weighted by atomic mass is 32.2. The van der Waals surface area contributed by atoms with Crippen LogP contribution in [-0.4, -0.2) is 0 Å². The Bertz CT molecular complexity index is 1160. The molecule has 0 aromatic heterocycles. The maximum Gasteiger partial charge on any atom is 0.0577 e. The van der Waals surface area contributed by atoms with Crippen molar-refractivity contribution in [2.24, 2.45) is 0 Å². The molecular formula is C22H16S4. The van der Waals surface area contributed by atoms with Gasteiger partial charge >= 0.3 is 0 Å². The first kappa shape index (κ1) is 16.9. The molecule has 128 valence electrons. The summed E-state index contributed by atoms with van der Waals surface area (Å²) >= 11 is 7.52. The van der Waals surface area contributed by atoms with Crippen molar-refractivity contribution < 1.29 is 0 Å². The van der Waals surface area contributed by atoms with Crippen LogP contribution in [0.15, 0.2) is 69.2 Å². The zero-order chi connectivity index (χ0) is 17.7. The van der Waals surface area contributed by atoms with Gasteiger partial charge in [-0.15, -0.1) is 0 Å². The molecule has 5 rings (SSSR count). The highest BCUT2D eigenvalue weighted by molar-refractivity contribution is 8.35. The van der Waals surface area contributed by atoms with Crippen LogP contribution in [0.4, 0.5) is 0 Å². The van der Waals surface area contributed by atoms with Crippen LogP contribution in [0.5, 0.6) is 0 Å². The molecular weight excluding hydrogens is 393 g/mol. The van der Waals surface area contributed by atoms with Gasteiger partial charge in [-0.2, -0.15) is 0 Å². The lowest BCUT2D eigenvalue weighted by atomic mass is 9.99.